The monoisotopic (exact) mass is 265 g/mol. The molecular formula is C11H11N3O3S. The fourth-order valence-corrected chi connectivity index (χ4v) is 2.16. The first-order valence-electron chi connectivity index (χ1n) is 5.18. The standard InChI is InChI=1S/C11H11N3O3S/c1-12-10-5-8(14(15)16)6-11(13-10)18-7-9-3-2-4-17-9/h2-6H,7H2,1H3,(H,12,13). The largest absolute Gasteiger partial charge is 0.468 e. The van der Waals surface area contributed by atoms with Crippen molar-refractivity contribution in [2.45, 2.75) is 10.8 Å². The van der Waals surface area contributed by atoms with Crippen molar-refractivity contribution in [1.29, 1.82) is 0 Å². The van der Waals surface area contributed by atoms with Crippen LogP contribution in [0.5, 0.6) is 0 Å². The zero-order chi connectivity index (χ0) is 13.0. The Morgan fingerprint density at radius 2 is 2.39 bits per heavy atom. The number of nitrogens with one attached hydrogen (secondary N) is 1. The Kier molecular flexibility index (Phi) is 3.83. The van der Waals surface area contributed by atoms with Crippen molar-refractivity contribution in [1.82, 2.24) is 4.98 Å². The van der Waals surface area contributed by atoms with Gasteiger partial charge >= 0.3 is 0 Å². The molecule has 0 spiro atoms. The van der Waals surface area contributed by atoms with E-state index >= 15 is 0 Å². The maximum atomic E-state index is 10.8. The van der Waals surface area contributed by atoms with E-state index in [1.807, 2.05) is 6.07 Å². The van der Waals surface area contributed by atoms with Gasteiger partial charge in [0.25, 0.3) is 5.69 Å². The lowest BCUT2D eigenvalue weighted by molar-refractivity contribution is -0.385. The van der Waals surface area contributed by atoms with Crippen LogP contribution >= 0.6 is 11.8 Å². The Morgan fingerprint density at radius 1 is 1.56 bits per heavy atom. The maximum Gasteiger partial charge on any atom is 0.275 e. The summed E-state index contributed by atoms with van der Waals surface area (Å²) in [6.45, 7) is 0. The number of pyridine rings is 1. The summed E-state index contributed by atoms with van der Waals surface area (Å²) in [5, 5.41) is 14.2. The highest BCUT2D eigenvalue weighted by atomic mass is 32.2. The highest BCUT2D eigenvalue weighted by Crippen LogP contribution is 2.26. The molecule has 2 aromatic heterocycles. The summed E-state index contributed by atoms with van der Waals surface area (Å²) in [6.07, 6.45) is 1.59. The van der Waals surface area contributed by atoms with Gasteiger partial charge in [0, 0.05) is 13.1 Å². The predicted octanol–water partition coefficient (Wildman–Crippen LogP) is 2.92. The van der Waals surface area contributed by atoms with Crippen LogP contribution in [0.15, 0.2) is 40.0 Å². The second kappa shape index (κ2) is 5.54. The van der Waals surface area contributed by atoms with E-state index in [0.29, 0.717) is 16.6 Å². The van der Waals surface area contributed by atoms with Gasteiger partial charge < -0.3 is 9.73 Å². The van der Waals surface area contributed by atoms with Crippen LogP contribution < -0.4 is 5.32 Å². The molecule has 6 nitrogen and oxygen atoms in total. The molecule has 0 aliphatic rings. The molecule has 1 N–H and O–H groups in total. The number of anilines is 1. The zero-order valence-electron chi connectivity index (χ0n) is 9.62. The van der Waals surface area contributed by atoms with Crippen molar-refractivity contribution in [3.8, 4) is 0 Å². The van der Waals surface area contributed by atoms with E-state index in [9.17, 15) is 10.1 Å². The zero-order valence-corrected chi connectivity index (χ0v) is 10.4. The summed E-state index contributed by atoms with van der Waals surface area (Å²) in [6, 6.07) is 6.50. The lowest BCUT2D eigenvalue weighted by Crippen LogP contribution is -1.97. The number of nitro groups is 1. The molecule has 0 saturated carbocycles. The van der Waals surface area contributed by atoms with Crippen LogP contribution in [0.25, 0.3) is 0 Å². The van der Waals surface area contributed by atoms with E-state index in [-0.39, 0.29) is 5.69 Å². The normalized spacial score (nSPS) is 10.3. The van der Waals surface area contributed by atoms with E-state index in [1.165, 1.54) is 23.9 Å². The average Bonchev–Trinajstić information content (AvgIpc) is 2.89. The van der Waals surface area contributed by atoms with Crippen molar-refractivity contribution in [2.75, 3.05) is 12.4 Å². The van der Waals surface area contributed by atoms with E-state index < -0.39 is 4.92 Å². The fraction of sp³-hybridized carbons (Fsp3) is 0.182. The molecule has 7 heteroatoms. The maximum absolute atomic E-state index is 10.8. The topological polar surface area (TPSA) is 81.2 Å². The van der Waals surface area contributed by atoms with Gasteiger partial charge in [-0.05, 0) is 12.1 Å². The highest BCUT2D eigenvalue weighted by Gasteiger charge is 2.11. The Balaban J connectivity index is 2.16. The van der Waals surface area contributed by atoms with Gasteiger partial charge in [0.2, 0.25) is 0 Å². The molecule has 2 rings (SSSR count). The molecule has 0 aliphatic carbocycles. The molecular weight excluding hydrogens is 254 g/mol. The number of hydrogen-bond donors (Lipinski definition) is 1. The van der Waals surface area contributed by atoms with Crippen molar-refractivity contribution in [3.63, 3.8) is 0 Å². The Hall–Kier alpha value is -2.02. The third-order valence-electron chi connectivity index (χ3n) is 2.20. The molecule has 0 aliphatic heterocycles. The Labute approximate surface area is 108 Å². The molecule has 0 fully saturated rings. The molecule has 18 heavy (non-hydrogen) atoms. The number of aromatic nitrogens is 1. The molecule has 94 valence electrons. The lowest BCUT2D eigenvalue weighted by atomic mass is 10.4. The second-order valence-electron chi connectivity index (χ2n) is 3.42. The summed E-state index contributed by atoms with van der Waals surface area (Å²) >= 11 is 1.39. The van der Waals surface area contributed by atoms with E-state index in [0.717, 1.165) is 5.76 Å². The van der Waals surface area contributed by atoms with Crippen LogP contribution in [0, 0.1) is 10.1 Å². The first-order chi connectivity index (χ1) is 8.69. The predicted molar refractivity (Wildman–Crippen MR) is 68.7 cm³/mol. The van der Waals surface area contributed by atoms with Gasteiger partial charge in [-0.1, -0.05) is 11.8 Å². The second-order valence-corrected chi connectivity index (χ2v) is 4.42. The van der Waals surface area contributed by atoms with Crippen LogP contribution in [0.4, 0.5) is 11.5 Å². The molecule has 0 bridgehead atoms. The fourth-order valence-electron chi connectivity index (χ4n) is 1.34. The summed E-state index contributed by atoms with van der Waals surface area (Å²) < 4.78 is 5.19. The van der Waals surface area contributed by atoms with Gasteiger partial charge in [0.05, 0.1) is 23.0 Å². The van der Waals surface area contributed by atoms with Gasteiger partial charge in [-0.3, -0.25) is 10.1 Å². The summed E-state index contributed by atoms with van der Waals surface area (Å²) in [5.41, 5.74) is 0.0243. The van der Waals surface area contributed by atoms with E-state index in [2.05, 4.69) is 10.3 Å². The Bertz CT molecular complexity index is 542. The minimum atomic E-state index is -0.431. The quantitative estimate of drug-likeness (QED) is 0.508. The number of furan rings is 1. The molecule has 0 aromatic carbocycles. The van der Waals surface area contributed by atoms with Crippen molar-refractivity contribution in [3.05, 3.63) is 46.4 Å². The smallest absolute Gasteiger partial charge is 0.275 e. The number of hydrogen-bond acceptors (Lipinski definition) is 6. The van der Waals surface area contributed by atoms with Crippen molar-refractivity contribution in [2.24, 2.45) is 0 Å². The minimum Gasteiger partial charge on any atom is -0.468 e. The number of thioether (sulfide) groups is 1. The summed E-state index contributed by atoms with van der Waals surface area (Å²) in [4.78, 5) is 14.6. The first kappa shape index (κ1) is 12.4. The van der Waals surface area contributed by atoms with Gasteiger partial charge in [-0.15, -0.1) is 0 Å². The van der Waals surface area contributed by atoms with Crippen molar-refractivity contribution < 1.29 is 9.34 Å². The summed E-state index contributed by atoms with van der Waals surface area (Å²) in [7, 11) is 1.67. The van der Waals surface area contributed by atoms with Gasteiger partial charge in [-0.25, -0.2) is 4.98 Å². The molecule has 0 amide bonds. The summed E-state index contributed by atoms with van der Waals surface area (Å²) in [5.74, 6) is 1.87. The van der Waals surface area contributed by atoms with Crippen LogP contribution in [0.3, 0.4) is 0 Å². The van der Waals surface area contributed by atoms with Gasteiger partial charge in [0.1, 0.15) is 16.6 Å². The van der Waals surface area contributed by atoms with Crippen LogP contribution in [-0.2, 0) is 5.75 Å². The molecule has 2 aromatic rings. The number of rotatable bonds is 5. The average molecular weight is 265 g/mol. The third-order valence-corrected chi connectivity index (χ3v) is 3.13. The van der Waals surface area contributed by atoms with E-state index in [1.54, 1.807) is 19.4 Å². The highest BCUT2D eigenvalue weighted by molar-refractivity contribution is 7.98. The SMILES string of the molecule is CNc1cc([N+](=O)[O-])cc(SCc2ccco2)n1. The molecule has 0 saturated heterocycles. The lowest BCUT2D eigenvalue weighted by Gasteiger charge is -2.03. The van der Waals surface area contributed by atoms with Crippen LogP contribution in [-0.4, -0.2) is 17.0 Å². The molecule has 2 heterocycles. The molecule has 0 radical (unpaired) electrons. The van der Waals surface area contributed by atoms with E-state index in [4.69, 9.17) is 4.42 Å². The van der Waals surface area contributed by atoms with Gasteiger partial charge in [0.15, 0.2) is 0 Å². The van der Waals surface area contributed by atoms with Crippen molar-refractivity contribution >= 4 is 23.3 Å². The molecule has 0 atom stereocenters. The van der Waals surface area contributed by atoms with Crippen LogP contribution in [0.1, 0.15) is 5.76 Å². The Morgan fingerprint density at radius 3 is 3.00 bits per heavy atom. The molecule has 0 unspecified atom stereocenters. The van der Waals surface area contributed by atoms with Gasteiger partial charge in [-0.2, -0.15) is 0 Å². The number of nitrogens with zero attached hydrogens (tertiary/aromatic N) is 2. The first-order valence-corrected chi connectivity index (χ1v) is 6.17. The van der Waals surface area contributed by atoms with Crippen LogP contribution in [0.2, 0.25) is 0 Å². The minimum absolute atomic E-state index is 0.0243. The third kappa shape index (κ3) is 3.01.